The molecule has 2 rings (SSSR count). The molecule has 0 atom stereocenters. The van der Waals surface area contributed by atoms with Gasteiger partial charge in [0, 0.05) is 6.20 Å². The molecule has 0 aliphatic rings. The first-order chi connectivity index (χ1) is 6.59. The second-order valence-electron chi connectivity index (χ2n) is 2.62. The maximum atomic E-state index is 11.4. The fraction of sp³-hybridized carbons (Fsp3) is 0. The van der Waals surface area contributed by atoms with Crippen LogP contribution in [0.3, 0.4) is 0 Å². The van der Waals surface area contributed by atoms with Gasteiger partial charge in [-0.25, -0.2) is 4.79 Å². The summed E-state index contributed by atoms with van der Waals surface area (Å²) in [6, 6.07) is 0. The summed E-state index contributed by atoms with van der Waals surface area (Å²) in [7, 11) is 0. The molecule has 72 valence electrons. The minimum absolute atomic E-state index is 0.0631. The van der Waals surface area contributed by atoms with Gasteiger partial charge in [0.1, 0.15) is 16.1 Å². The van der Waals surface area contributed by atoms with Gasteiger partial charge in [-0.2, -0.15) is 0 Å². The number of rotatable bonds is 0. The molecule has 2 aromatic rings. The number of fused-ring (bicyclic) bond motifs is 1. The van der Waals surface area contributed by atoms with Crippen molar-refractivity contribution in [1.82, 2.24) is 15.0 Å². The molecule has 0 unspecified atom stereocenters. The summed E-state index contributed by atoms with van der Waals surface area (Å²) < 4.78 is 0. The van der Waals surface area contributed by atoms with Gasteiger partial charge in [-0.1, -0.05) is 11.6 Å². The van der Waals surface area contributed by atoms with Crippen molar-refractivity contribution in [1.29, 1.82) is 0 Å². The van der Waals surface area contributed by atoms with E-state index in [2.05, 4.69) is 9.97 Å². The Hall–Kier alpha value is -1.82. The average molecular weight is 214 g/mol. The van der Waals surface area contributed by atoms with Crippen molar-refractivity contribution in [3.05, 3.63) is 42.3 Å². The van der Waals surface area contributed by atoms with Gasteiger partial charge < -0.3 is 4.98 Å². The lowest BCUT2D eigenvalue weighted by molar-refractivity contribution is 1.06. The third-order valence-electron chi connectivity index (χ3n) is 1.73. The highest BCUT2D eigenvalue weighted by molar-refractivity contribution is 6.30. The molecule has 2 aromatic heterocycles. The predicted molar refractivity (Wildman–Crippen MR) is 50.8 cm³/mol. The summed E-state index contributed by atoms with van der Waals surface area (Å²) in [5, 5.41) is -0.285. The van der Waals surface area contributed by atoms with Crippen LogP contribution in [-0.2, 0) is 0 Å². The first-order valence-electron chi connectivity index (χ1n) is 3.63. The van der Waals surface area contributed by atoms with Gasteiger partial charge in [0.2, 0.25) is 5.43 Å². The van der Waals surface area contributed by atoms with Crippen molar-refractivity contribution in [2.75, 3.05) is 0 Å². The lowest BCUT2D eigenvalue weighted by Gasteiger charge is -1.95. The van der Waals surface area contributed by atoms with Gasteiger partial charge in [-0.05, 0) is 0 Å². The van der Waals surface area contributed by atoms with Gasteiger partial charge in [0.05, 0.1) is 0 Å². The Balaban J connectivity index is 3.20. The molecule has 2 heterocycles. The minimum Gasteiger partial charge on any atom is -0.346 e. The van der Waals surface area contributed by atoms with E-state index in [0.717, 1.165) is 0 Å². The van der Waals surface area contributed by atoms with Crippen LogP contribution in [0.25, 0.3) is 11.0 Å². The van der Waals surface area contributed by atoms with Crippen LogP contribution in [0, 0.1) is 0 Å². The van der Waals surface area contributed by atoms with Crippen LogP contribution >= 0.6 is 11.6 Å². The van der Waals surface area contributed by atoms with Crippen LogP contribution in [0.15, 0.2) is 20.6 Å². The van der Waals surface area contributed by atoms with Crippen LogP contribution in [-0.4, -0.2) is 15.0 Å². The van der Waals surface area contributed by atoms with E-state index in [1.807, 2.05) is 4.98 Å². The molecule has 0 spiro atoms. The molecule has 0 bridgehead atoms. The van der Waals surface area contributed by atoms with Crippen LogP contribution in [0.1, 0.15) is 0 Å². The van der Waals surface area contributed by atoms with Crippen LogP contribution < -0.4 is 16.7 Å². The van der Waals surface area contributed by atoms with Crippen molar-refractivity contribution in [2.45, 2.75) is 0 Å². The summed E-state index contributed by atoms with van der Waals surface area (Å²) in [6.45, 7) is 0. The number of pyridine rings is 1. The van der Waals surface area contributed by atoms with E-state index in [9.17, 15) is 14.4 Å². The largest absolute Gasteiger partial charge is 0.346 e. The van der Waals surface area contributed by atoms with Gasteiger partial charge in [0.15, 0.2) is 0 Å². The highest BCUT2D eigenvalue weighted by Crippen LogP contribution is 2.01. The molecule has 6 nitrogen and oxygen atoms in total. The molecule has 0 aliphatic carbocycles. The molecule has 0 saturated heterocycles. The normalized spacial score (nSPS) is 10.6. The number of nitrogens with one attached hydrogen (secondary N) is 3. The Morgan fingerprint density at radius 2 is 1.86 bits per heavy atom. The number of halogens is 1. The maximum Gasteiger partial charge on any atom is 0.327 e. The van der Waals surface area contributed by atoms with Gasteiger partial charge in [0.25, 0.3) is 5.56 Å². The van der Waals surface area contributed by atoms with E-state index in [4.69, 9.17) is 11.6 Å². The standard InChI is InChI=1S/C7H4ClN3O3/c8-2-1-9-5-3(4(2)12)6(13)11-7(14)10-5/h1H,(H3,9,10,11,12,13,14). The molecule has 0 radical (unpaired) electrons. The second kappa shape index (κ2) is 2.85. The van der Waals surface area contributed by atoms with E-state index in [1.54, 1.807) is 0 Å². The Morgan fingerprint density at radius 3 is 2.57 bits per heavy atom. The lowest BCUT2D eigenvalue weighted by atomic mass is 10.3. The van der Waals surface area contributed by atoms with E-state index >= 15 is 0 Å². The molecule has 14 heavy (non-hydrogen) atoms. The fourth-order valence-corrected chi connectivity index (χ4v) is 1.28. The Bertz CT molecular complexity index is 666. The second-order valence-corrected chi connectivity index (χ2v) is 3.03. The Labute approximate surface area is 80.6 Å². The van der Waals surface area contributed by atoms with Gasteiger partial charge in [-0.15, -0.1) is 0 Å². The van der Waals surface area contributed by atoms with Crippen LogP contribution in [0.4, 0.5) is 0 Å². The third kappa shape index (κ3) is 1.16. The van der Waals surface area contributed by atoms with Crippen LogP contribution in [0.5, 0.6) is 0 Å². The monoisotopic (exact) mass is 213 g/mol. The van der Waals surface area contributed by atoms with Crippen molar-refractivity contribution in [3.8, 4) is 0 Å². The highest BCUT2D eigenvalue weighted by atomic mass is 35.5. The van der Waals surface area contributed by atoms with Gasteiger partial charge >= 0.3 is 5.69 Å². The zero-order valence-corrected chi connectivity index (χ0v) is 7.44. The molecule has 7 heteroatoms. The summed E-state index contributed by atoms with van der Waals surface area (Å²) in [6.07, 6.45) is 1.21. The minimum atomic E-state index is -0.757. The van der Waals surface area contributed by atoms with E-state index in [0.29, 0.717) is 0 Å². The first-order valence-corrected chi connectivity index (χ1v) is 4.01. The third-order valence-corrected chi connectivity index (χ3v) is 2.01. The summed E-state index contributed by atoms with van der Waals surface area (Å²) in [5.74, 6) is 0. The number of hydrogen-bond donors (Lipinski definition) is 3. The van der Waals surface area contributed by atoms with Crippen LogP contribution in [0.2, 0.25) is 5.02 Å². The SMILES string of the molecule is O=c1[nH]c(=O)c2c(=O)c(Cl)c[nH]c2[nH]1. The Morgan fingerprint density at radius 1 is 1.14 bits per heavy atom. The molecule has 0 fully saturated rings. The predicted octanol–water partition coefficient (Wildman–Crippen LogP) is -0.442. The highest BCUT2D eigenvalue weighted by Gasteiger charge is 2.07. The summed E-state index contributed by atoms with van der Waals surface area (Å²) in [4.78, 5) is 40.2. The number of aromatic nitrogens is 3. The fourth-order valence-electron chi connectivity index (χ4n) is 1.13. The molecule has 0 aromatic carbocycles. The van der Waals surface area contributed by atoms with E-state index in [-0.39, 0.29) is 16.1 Å². The van der Waals surface area contributed by atoms with Gasteiger partial charge in [-0.3, -0.25) is 19.6 Å². The molecule has 0 saturated carbocycles. The number of H-pyrrole nitrogens is 3. The number of hydrogen-bond acceptors (Lipinski definition) is 3. The topological polar surface area (TPSA) is 98.6 Å². The summed E-state index contributed by atoms with van der Waals surface area (Å²) >= 11 is 5.51. The lowest BCUT2D eigenvalue weighted by Crippen LogP contribution is -2.26. The molecular weight excluding hydrogens is 210 g/mol. The van der Waals surface area contributed by atoms with Crippen molar-refractivity contribution >= 4 is 22.6 Å². The molecule has 0 aliphatic heterocycles. The smallest absolute Gasteiger partial charge is 0.327 e. The van der Waals surface area contributed by atoms with E-state index < -0.39 is 16.7 Å². The molecule has 0 amide bonds. The van der Waals surface area contributed by atoms with Crippen molar-refractivity contribution in [3.63, 3.8) is 0 Å². The van der Waals surface area contributed by atoms with E-state index in [1.165, 1.54) is 6.20 Å². The zero-order chi connectivity index (χ0) is 10.3. The average Bonchev–Trinajstić information content (AvgIpc) is 2.10. The van der Waals surface area contributed by atoms with Crippen molar-refractivity contribution in [2.24, 2.45) is 0 Å². The maximum absolute atomic E-state index is 11.4. The quantitative estimate of drug-likeness (QED) is 0.553. The molecular formula is C7H4ClN3O3. The zero-order valence-electron chi connectivity index (χ0n) is 6.68. The number of aromatic amines is 3. The Kier molecular flexibility index (Phi) is 1.78. The summed E-state index contributed by atoms with van der Waals surface area (Å²) in [5.41, 5.74) is -1.99. The molecule has 3 N–H and O–H groups in total. The van der Waals surface area contributed by atoms with Crippen molar-refractivity contribution < 1.29 is 0 Å². The first kappa shape index (κ1) is 8.76.